The summed E-state index contributed by atoms with van der Waals surface area (Å²) >= 11 is 0. The molecule has 3 amide bonds. The highest BCUT2D eigenvalue weighted by Gasteiger charge is 2.27. The molecule has 0 radical (unpaired) electrons. The minimum atomic E-state index is -1.10. The van der Waals surface area contributed by atoms with Crippen molar-refractivity contribution in [2.75, 3.05) is 26.2 Å². The first-order valence-corrected chi connectivity index (χ1v) is 13.1. The average Bonchev–Trinajstić information content (AvgIpc) is 2.93. The first kappa shape index (κ1) is 26.5. The Kier molecular flexibility index (Phi) is 7.72. The number of likely N-dealkylation sites (tertiary alicyclic amines) is 2. The van der Waals surface area contributed by atoms with Crippen LogP contribution in [0.5, 0.6) is 0 Å². The van der Waals surface area contributed by atoms with Gasteiger partial charge in [-0.15, -0.1) is 0 Å². The van der Waals surface area contributed by atoms with Crippen LogP contribution in [0.2, 0.25) is 0 Å². The SMILES string of the molecule is O=C(NCC(=O)N1CCC(c2ccccc2CN2CCCCC2=O)CC1)c1cc(=O)c2cc(F)cc(F)c2o1. The van der Waals surface area contributed by atoms with Gasteiger partial charge in [-0.25, -0.2) is 8.78 Å². The molecule has 2 aliphatic rings. The summed E-state index contributed by atoms with van der Waals surface area (Å²) in [6, 6.07) is 10.4. The van der Waals surface area contributed by atoms with E-state index in [1.54, 1.807) is 4.90 Å². The summed E-state index contributed by atoms with van der Waals surface area (Å²) in [7, 11) is 0. The lowest BCUT2D eigenvalue weighted by Gasteiger charge is -2.34. The van der Waals surface area contributed by atoms with Gasteiger partial charge < -0.3 is 19.5 Å². The molecule has 1 N–H and O–H groups in total. The topological polar surface area (TPSA) is 99.9 Å². The van der Waals surface area contributed by atoms with Gasteiger partial charge >= 0.3 is 0 Å². The monoisotopic (exact) mass is 537 g/mol. The molecule has 1 aromatic heterocycles. The summed E-state index contributed by atoms with van der Waals surface area (Å²) < 4.78 is 32.7. The van der Waals surface area contributed by atoms with E-state index < -0.39 is 34.3 Å². The van der Waals surface area contributed by atoms with Crippen LogP contribution in [0.3, 0.4) is 0 Å². The molecule has 10 heteroatoms. The number of nitrogens with zero attached hydrogens (tertiary/aromatic N) is 2. The number of carbonyl (C=O) groups excluding carboxylic acids is 3. The van der Waals surface area contributed by atoms with Crippen LogP contribution in [0, 0.1) is 11.6 Å². The quantitative estimate of drug-likeness (QED) is 0.517. The molecule has 2 saturated heterocycles. The van der Waals surface area contributed by atoms with Crippen molar-refractivity contribution >= 4 is 28.7 Å². The van der Waals surface area contributed by atoms with Gasteiger partial charge in [-0.2, -0.15) is 0 Å². The molecule has 2 fully saturated rings. The molecule has 5 rings (SSSR count). The third kappa shape index (κ3) is 5.84. The zero-order valence-electron chi connectivity index (χ0n) is 21.4. The predicted octanol–water partition coefficient (Wildman–Crippen LogP) is 3.72. The molecule has 2 aromatic carbocycles. The van der Waals surface area contributed by atoms with E-state index in [4.69, 9.17) is 4.42 Å². The fraction of sp³-hybridized carbons (Fsp3) is 0.379. The van der Waals surface area contributed by atoms with Crippen LogP contribution in [-0.4, -0.2) is 53.7 Å². The van der Waals surface area contributed by atoms with E-state index in [0.717, 1.165) is 49.9 Å². The minimum absolute atomic E-state index is 0.195. The molecular weight excluding hydrogens is 508 g/mol. The molecule has 3 aromatic rings. The first-order chi connectivity index (χ1) is 18.8. The number of hydrogen-bond acceptors (Lipinski definition) is 5. The number of halogens is 2. The number of amides is 3. The minimum Gasteiger partial charge on any atom is -0.448 e. The average molecular weight is 538 g/mol. The van der Waals surface area contributed by atoms with E-state index in [9.17, 15) is 28.0 Å². The van der Waals surface area contributed by atoms with Gasteiger partial charge in [0.25, 0.3) is 5.91 Å². The second-order valence-electron chi connectivity index (χ2n) is 10.0. The highest BCUT2D eigenvalue weighted by atomic mass is 19.1. The van der Waals surface area contributed by atoms with E-state index in [0.29, 0.717) is 32.1 Å². The van der Waals surface area contributed by atoms with Crippen LogP contribution >= 0.6 is 0 Å². The van der Waals surface area contributed by atoms with Gasteiger partial charge in [0.15, 0.2) is 22.6 Å². The number of piperidine rings is 2. The molecule has 0 aliphatic carbocycles. The van der Waals surface area contributed by atoms with Crippen LogP contribution in [0.4, 0.5) is 8.78 Å². The molecular formula is C29H29F2N3O5. The van der Waals surface area contributed by atoms with E-state index in [1.807, 2.05) is 17.0 Å². The lowest BCUT2D eigenvalue weighted by Crippen LogP contribution is -2.44. The first-order valence-electron chi connectivity index (χ1n) is 13.1. The number of fused-ring (bicyclic) bond motifs is 1. The summed E-state index contributed by atoms with van der Waals surface area (Å²) in [5, 5.41) is 2.11. The lowest BCUT2D eigenvalue weighted by atomic mass is 9.86. The molecule has 3 heterocycles. The van der Waals surface area contributed by atoms with E-state index in [-0.39, 0.29) is 29.7 Å². The Hall–Kier alpha value is -4.08. The smallest absolute Gasteiger partial charge is 0.287 e. The summed E-state index contributed by atoms with van der Waals surface area (Å²) in [4.78, 5) is 53.4. The van der Waals surface area contributed by atoms with Crippen LogP contribution in [0.1, 0.15) is 59.7 Å². The fourth-order valence-corrected chi connectivity index (χ4v) is 5.40. The van der Waals surface area contributed by atoms with Crippen molar-refractivity contribution in [1.82, 2.24) is 15.1 Å². The summed E-state index contributed by atoms with van der Waals surface area (Å²) in [5.41, 5.74) is 1.06. The Morgan fingerprint density at radius 1 is 1.00 bits per heavy atom. The van der Waals surface area contributed by atoms with Crippen molar-refractivity contribution in [3.8, 4) is 0 Å². The molecule has 8 nitrogen and oxygen atoms in total. The number of benzene rings is 2. The third-order valence-electron chi connectivity index (χ3n) is 7.50. The van der Waals surface area contributed by atoms with Gasteiger partial charge in [0.05, 0.1) is 11.9 Å². The largest absolute Gasteiger partial charge is 0.448 e. The van der Waals surface area contributed by atoms with Crippen molar-refractivity contribution in [2.45, 2.75) is 44.6 Å². The van der Waals surface area contributed by atoms with E-state index in [1.165, 1.54) is 5.56 Å². The molecule has 0 atom stereocenters. The molecule has 0 bridgehead atoms. The van der Waals surface area contributed by atoms with E-state index in [2.05, 4.69) is 17.4 Å². The fourth-order valence-electron chi connectivity index (χ4n) is 5.40. The Balaban J connectivity index is 1.17. The van der Waals surface area contributed by atoms with Gasteiger partial charge in [0.1, 0.15) is 5.82 Å². The summed E-state index contributed by atoms with van der Waals surface area (Å²) in [6.45, 7) is 2.09. The molecule has 0 unspecified atom stereocenters. The Bertz CT molecular complexity index is 1480. The summed E-state index contributed by atoms with van der Waals surface area (Å²) in [6.07, 6.45) is 4.07. The standard InChI is InChI=1S/C29H29F2N3O5/c30-20-13-22-24(35)15-25(39-28(22)23(31)14-20)29(38)32-16-27(37)33-11-8-18(9-12-33)21-6-2-1-5-19(21)17-34-10-4-3-7-26(34)36/h1-2,5-6,13-15,18H,3-4,7-12,16-17H2,(H,32,38). The molecule has 39 heavy (non-hydrogen) atoms. The van der Waals surface area contributed by atoms with Crippen molar-refractivity contribution in [2.24, 2.45) is 0 Å². The Morgan fingerprint density at radius 2 is 1.77 bits per heavy atom. The highest BCUT2D eigenvalue weighted by molar-refractivity contribution is 5.95. The summed E-state index contributed by atoms with van der Waals surface area (Å²) in [5.74, 6) is -3.17. The second-order valence-corrected chi connectivity index (χ2v) is 10.0. The van der Waals surface area contributed by atoms with Gasteiger partial charge in [0.2, 0.25) is 11.8 Å². The van der Waals surface area contributed by atoms with Crippen LogP contribution in [-0.2, 0) is 16.1 Å². The van der Waals surface area contributed by atoms with Crippen LogP contribution < -0.4 is 10.7 Å². The molecule has 0 saturated carbocycles. The zero-order chi connectivity index (χ0) is 27.5. The Morgan fingerprint density at radius 3 is 2.54 bits per heavy atom. The number of rotatable bonds is 6. The highest BCUT2D eigenvalue weighted by Crippen LogP contribution is 2.31. The molecule has 2 aliphatic heterocycles. The maximum atomic E-state index is 14.1. The third-order valence-corrected chi connectivity index (χ3v) is 7.50. The van der Waals surface area contributed by atoms with Gasteiger partial charge in [-0.05, 0) is 48.8 Å². The molecule has 0 spiro atoms. The lowest BCUT2D eigenvalue weighted by molar-refractivity contribution is -0.134. The van der Waals surface area contributed by atoms with Gasteiger partial charge in [-0.3, -0.25) is 19.2 Å². The number of nitrogens with one attached hydrogen (secondary N) is 1. The van der Waals surface area contributed by atoms with Crippen LogP contribution in [0.15, 0.2) is 51.7 Å². The number of carbonyl (C=O) groups is 3. The Labute approximate surface area is 223 Å². The predicted molar refractivity (Wildman–Crippen MR) is 139 cm³/mol. The maximum absolute atomic E-state index is 14.1. The van der Waals surface area contributed by atoms with Crippen molar-refractivity contribution < 1.29 is 27.6 Å². The van der Waals surface area contributed by atoms with E-state index >= 15 is 0 Å². The maximum Gasteiger partial charge on any atom is 0.287 e. The zero-order valence-corrected chi connectivity index (χ0v) is 21.4. The van der Waals surface area contributed by atoms with Crippen molar-refractivity contribution in [1.29, 1.82) is 0 Å². The normalized spacial score (nSPS) is 16.5. The van der Waals surface area contributed by atoms with Crippen molar-refractivity contribution in [3.05, 3.63) is 81.2 Å². The van der Waals surface area contributed by atoms with Gasteiger partial charge in [0, 0.05) is 44.7 Å². The second kappa shape index (κ2) is 11.3. The van der Waals surface area contributed by atoms with Gasteiger partial charge in [-0.1, -0.05) is 24.3 Å². The van der Waals surface area contributed by atoms with Crippen LogP contribution in [0.25, 0.3) is 11.0 Å². The molecule has 204 valence electrons. The van der Waals surface area contributed by atoms with Crippen molar-refractivity contribution in [3.63, 3.8) is 0 Å². The number of hydrogen-bond donors (Lipinski definition) is 1.